The Morgan fingerprint density at radius 2 is 2.00 bits per heavy atom. The second-order valence-corrected chi connectivity index (χ2v) is 4.91. The number of rotatable bonds is 0. The van der Waals surface area contributed by atoms with Crippen LogP contribution in [0.15, 0.2) is 0 Å². The van der Waals surface area contributed by atoms with Gasteiger partial charge in [0.15, 0.2) is 0 Å². The van der Waals surface area contributed by atoms with Gasteiger partial charge in [0.1, 0.15) is 5.92 Å². The van der Waals surface area contributed by atoms with Gasteiger partial charge in [0.25, 0.3) is 0 Å². The molecule has 0 aromatic carbocycles. The van der Waals surface area contributed by atoms with Crippen LogP contribution in [0.1, 0.15) is 39.0 Å². The van der Waals surface area contributed by atoms with E-state index >= 15 is 0 Å². The second kappa shape index (κ2) is 1.97. The standard InChI is InChI=1S/C11H17/c1-7-5-8-6-11(7)10-4-2-3-9(8)10/h8-11H,2-6H2,1H3/q+1/t8-,9+,10+,11-/m1/s1. The first-order chi connectivity index (χ1) is 5.36. The fourth-order valence-electron chi connectivity index (χ4n) is 4.14. The highest BCUT2D eigenvalue weighted by Crippen LogP contribution is 2.61. The summed E-state index contributed by atoms with van der Waals surface area (Å²) in [5.41, 5.74) is 0. The summed E-state index contributed by atoms with van der Waals surface area (Å²) in [6.45, 7) is 2.40. The van der Waals surface area contributed by atoms with Crippen molar-refractivity contribution in [2.24, 2.45) is 23.7 Å². The van der Waals surface area contributed by atoms with Crippen LogP contribution in [0, 0.1) is 29.6 Å². The van der Waals surface area contributed by atoms with E-state index in [1.165, 1.54) is 18.8 Å². The molecule has 0 unspecified atom stereocenters. The second-order valence-electron chi connectivity index (χ2n) is 4.91. The Morgan fingerprint density at radius 1 is 1.18 bits per heavy atom. The van der Waals surface area contributed by atoms with Crippen LogP contribution >= 0.6 is 0 Å². The molecule has 0 aromatic heterocycles. The average molecular weight is 149 g/mol. The summed E-state index contributed by atoms with van der Waals surface area (Å²) in [5.74, 6) is 6.37. The first-order valence-electron chi connectivity index (χ1n) is 5.18. The maximum Gasteiger partial charge on any atom is 0.103 e. The molecule has 0 saturated heterocycles. The monoisotopic (exact) mass is 149 g/mol. The molecule has 0 spiro atoms. The zero-order chi connectivity index (χ0) is 7.42. The minimum absolute atomic E-state index is 1.08. The van der Waals surface area contributed by atoms with Crippen LogP contribution in [0.5, 0.6) is 0 Å². The average Bonchev–Trinajstić information content (AvgIpc) is 2.52. The van der Waals surface area contributed by atoms with E-state index in [-0.39, 0.29) is 0 Å². The lowest BCUT2D eigenvalue weighted by Crippen LogP contribution is -2.21. The van der Waals surface area contributed by atoms with Gasteiger partial charge in [0.2, 0.25) is 0 Å². The Hall–Kier alpha value is -0.130. The van der Waals surface area contributed by atoms with E-state index in [2.05, 4.69) is 6.92 Å². The van der Waals surface area contributed by atoms with Gasteiger partial charge >= 0.3 is 0 Å². The van der Waals surface area contributed by atoms with Gasteiger partial charge in [-0.3, -0.25) is 0 Å². The Bertz CT molecular complexity index is 173. The first kappa shape index (κ1) is 6.39. The summed E-state index contributed by atoms with van der Waals surface area (Å²) < 4.78 is 0. The van der Waals surface area contributed by atoms with E-state index in [1.807, 2.05) is 5.92 Å². The Kier molecular flexibility index (Phi) is 1.14. The summed E-state index contributed by atoms with van der Waals surface area (Å²) in [7, 11) is 0. The smallest absolute Gasteiger partial charge is 0.0526 e. The molecule has 0 nitrogen and oxygen atoms in total. The molecule has 0 heterocycles. The van der Waals surface area contributed by atoms with Crippen molar-refractivity contribution in [3.8, 4) is 0 Å². The molecule has 0 amide bonds. The van der Waals surface area contributed by atoms with Crippen molar-refractivity contribution >= 4 is 0 Å². The van der Waals surface area contributed by atoms with Gasteiger partial charge in [-0.2, -0.15) is 0 Å². The molecule has 0 radical (unpaired) electrons. The number of hydrogen-bond donors (Lipinski definition) is 0. The summed E-state index contributed by atoms with van der Waals surface area (Å²) in [4.78, 5) is 0. The van der Waals surface area contributed by atoms with Gasteiger partial charge in [0.05, 0.1) is 19.3 Å². The first-order valence-corrected chi connectivity index (χ1v) is 5.18. The SMILES string of the molecule is C[C+]1C[C@@H]2C[C@H]1[C@H]1CCC[C@@H]21. The zero-order valence-corrected chi connectivity index (χ0v) is 7.34. The fourth-order valence-corrected chi connectivity index (χ4v) is 4.14. The highest BCUT2D eigenvalue weighted by molar-refractivity contribution is 5.13. The quantitative estimate of drug-likeness (QED) is 0.464. The lowest BCUT2D eigenvalue weighted by molar-refractivity contribution is 0.280. The largest absolute Gasteiger partial charge is 0.103 e. The van der Waals surface area contributed by atoms with E-state index in [1.54, 1.807) is 19.3 Å². The summed E-state index contributed by atoms with van der Waals surface area (Å²) in [5, 5.41) is 0. The van der Waals surface area contributed by atoms with E-state index in [0.717, 1.165) is 17.8 Å². The Labute approximate surface area is 69.4 Å². The molecular formula is C11H17+. The van der Waals surface area contributed by atoms with Crippen molar-refractivity contribution in [3.05, 3.63) is 5.92 Å². The van der Waals surface area contributed by atoms with E-state index in [4.69, 9.17) is 0 Å². The van der Waals surface area contributed by atoms with Crippen molar-refractivity contribution < 1.29 is 0 Å². The minimum atomic E-state index is 1.08. The predicted octanol–water partition coefficient (Wildman–Crippen LogP) is 3.04. The van der Waals surface area contributed by atoms with Crippen LogP contribution in [-0.4, -0.2) is 0 Å². The molecule has 3 aliphatic rings. The summed E-state index contributed by atoms with van der Waals surface area (Å²) in [6, 6.07) is 0. The minimum Gasteiger partial charge on any atom is -0.0526 e. The van der Waals surface area contributed by atoms with Gasteiger partial charge < -0.3 is 0 Å². The van der Waals surface area contributed by atoms with Crippen LogP contribution in [-0.2, 0) is 0 Å². The summed E-state index contributed by atoms with van der Waals surface area (Å²) in [6.07, 6.45) is 7.73. The van der Waals surface area contributed by atoms with Crippen LogP contribution < -0.4 is 0 Å². The molecule has 2 bridgehead atoms. The van der Waals surface area contributed by atoms with E-state index in [9.17, 15) is 0 Å². The summed E-state index contributed by atoms with van der Waals surface area (Å²) >= 11 is 0. The lowest BCUT2D eigenvalue weighted by atomic mass is 9.77. The number of hydrogen-bond acceptors (Lipinski definition) is 0. The molecule has 11 heavy (non-hydrogen) atoms. The molecule has 0 aliphatic heterocycles. The molecule has 3 saturated carbocycles. The van der Waals surface area contributed by atoms with E-state index in [0.29, 0.717) is 0 Å². The molecule has 3 aliphatic carbocycles. The predicted molar refractivity (Wildman–Crippen MR) is 46.0 cm³/mol. The van der Waals surface area contributed by atoms with Crippen LogP contribution in [0.3, 0.4) is 0 Å². The zero-order valence-electron chi connectivity index (χ0n) is 7.34. The third-order valence-corrected chi connectivity index (χ3v) is 4.52. The topological polar surface area (TPSA) is 0 Å². The fraction of sp³-hybridized carbons (Fsp3) is 0.909. The van der Waals surface area contributed by atoms with Crippen molar-refractivity contribution in [1.82, 2.24) is 0 Å². The molecule has 0 N–H and O–H groups in total. The third kappa shape index (κ3) is 0.685. The Morgan fingerprint density at radius 3 is 2.91 bits per heavy atom. The molecule has 0 aromatic rings. The molecule has 3 rings (SSSR count). The molecule has 3 fully saturated rings. The third-order valence-electron chi connectivity index (χ3n) is 4.52. The van der Waals surface area contributed by atoms with Gasteiger partial charge in [-0.25, -0.2) is 0 Å². The highest BCUT2D eigenvalue weighted by atomic mass is 14.6. The molecule has 4 atom stereocenters. The Balaban J connectivity index is 1.90. The highest BCUT2D eigenvalue weighted by Gasteiger charge is 2.58. The number of fused-ring (bicyclic) bond motifs is 5. The van der Waals surface area contributed by atoms with Crippen molar-refractivity contribution in [1.29, 1.82) is 0 Å². The molecule has 0 heteroatoms. The van der Waals surface area contributed by atoms with Crippen molar-refractivity contribution in [2.75, 3.05) is 0 Å². The van der Waals surface area contributed by atoms with Gasteiger partial charge in [0, 0.05) is 11.8 Å². The maximum absolute atomic E-state index is 2.40. The van der Waals surface area contributed by atoms with Gasteiger partial charge in [-0.15, -0.1) is 0 Å². The molecule has 60 valence electrons. The van der Waals surface area contributed by atoms with Crippen molar-refractivity contribution in [3.63, 3.8) is 0 Å². The van der Waals surface area contributed by atoms with Crippen LogP contribution in [0.25, 0.3) is 0 Å². The normalized spacial score (nSPS) is 53.7. The maximum atomic E-state index is 2.40. The van der Waals surface area contributed by atoms with Crippen molar-refractivity contribution in [2.45, 2.75) is 39.0 Å². The van der Waals surface area contributed by atoms with Gasteiger partial charge in [-0.05, 0) is 25.2 Å². The van der Waals surface area contributed by atoms with E-state index < -0.39 is 0 Å². The van der Waals surface area contributed by atoms with Gasteiger partial charge in [-0.1, -0.05) is 6.42 Å². The van der Waals surface area contributed by atoms with Crippen LogP contribution in [0.4, 0.5) is 0 Å². The lowest BCUT2D eigenvalue weighted by Gasteiger charge is -2.22. The molecular weight excluding hydrogens is 132 g/mol. The van der Waals surface area contributed by atoms with Crippen LogP contribution in [0.2, 0.25) is 0 Å².